The molecule has 0 unspecified atom stereocenters. The van der Waals surface area contributed by atoms with E-state index in [1.807, 2.05) is 0 Å². The largest absolute Gasteiger partial charge is 0.481 e. The highest BCUT2D eigenvalue weighted by atomic mass is 16.4. The lowest BCUT2D eigenvalue weighted by atomic mass is 9.96. The SMILES string of the molecule is Cc1ccc(C)c(C(=O)NCCC(=O)O)c1C(=O)O. The number of carboxylic acid groups (broad SMARTS) is 2. The van der Waals surface area contributed by atoms with Gasteiger partial charge in [0.1, 0.15) is 0 Å². The number of aromatic carboxylic acids is 1. The summed E-state index contributed by atoms with van der Waals surface area (Å²) in [5, 5.41) is 20.1. The number of hydrogen-bond donors (Lipinski definition) is 3. The van der Waals surface area contributed by atoms with Crippen molar-refractivity contribution < 1.29 is 24.6 Å². The van der Waals surface area contributed by atoms with Gasteiger partial charge in [-0.05, 0) is 25.0 Å². The second-order valence-corrected chi connectivity index (χ2v) is 4.15. The molecule has 0 fully saturated rings. The molecule has 102 valence electrons. The zero-order valence-electron chi connectivity index (χ0n) is 10.7. The van der Waals surface area contributed by atoms with Gasteiger partial charge in [-0.2, -0.15) is 0 Å². The van der Waals surface area contributed by atoms with E-state index >= 15 is 0 Å². The highest BCUT2D eigenvalue weighted by molar-refractivity contribution is 6.06. The summed E-state index contributed by atoms with van der Waals surface area (Å²) in [6.07, 6.45) is -0.209. The lowest BCUT2D eigenvalue weighted by Crippen LogP contribution is -2.28. The van der Waals surface area contributed by atoms with Crippen LogP contribution < -0.4 is 5.32 Å². The highest BCUT2D eigenvalue weighted by Crippen LogP contribution is 2.18. The first-order valence-corrected chi connectivity index (χ1v) is 5.68. The lowest BCUT2D eigenvalue weighted by Gasteiger charge is -2.12. The van der Waals surface area contributed by atoms with Crippen LogP contribution in [0.5, 0.6) is 0 Å². The molecule has 0 spiro atoms. The Hall–Kier alpha value is -2.37. The van der Waals surface area contributed by atoms with Gasteiger partial charge >= 0.3 is 11.9 Å². The van der Waals surface area contributed by atoms with Gasteiger partial charge in [-0.1, -0.05) is 12.1 Å². The van der Waals surface area contributed by atoms with Crippen molar-refractivity contribution in [3.8, 4) is 0 Å². The average molecular weight is 265 g/mol. The minimum atomic E-state index is -1.18. The smallest absolute Gasteiger partial charge is 0.336 e. The lowest BCUT2D eigenvalue weighted by molar-refractivity contribution is -0.136. The summed E-state index contributed by atoms with van der Waals surface area (Å²) >= 11 is 0. The molecule has 1 aromatic rings. The summed E-state index contributed by atoms with van der Waals surface area (Å²) in [5.74, 6) is -2.77. The van der Waals surface area contributed by atoms with Gasteiger partial charge in [-0.25, -0.2) is 4.79 Å². The van der Waals surface area contributed by atoms with Crippen molar-refractivity contribution in [3.05, 3.63) is 34.4 Å². The van der Waals surface area contributed by atoms with Gasteiger partial charge < -0.3 is 15.5 Å². The van der Waals surface area contributed by atoms with Crippen LogP contribution in [0.4, 0.5) is 0 Å². The second kappa shape index (κ2) is 5.99. The number of carbonyl (C=O) groups is 3. The zero-order chi connectivity index (χ0) is 14.6. The van der Waals surface area contributed by atoms with Gasteiger partial charge in [-0.3, -0.25) is 9.59 Å². The topological polar surface area (TPSA) is 104 Å². The zero-order valence-corrected chi connectivity index (χ0v) is 10.7. The van der Waals surface area contributed by atoms with Crippen LogP contribution in [0.1, 0.15) is 38.3 Å². The van der Waals surface area contributed by atoms with Gasteiger partial charge in [0, 0.05) is 6.54 Å². The minimum Gasteiger partial charge on any atom is -0.481 e. The molecule has 1 amide bonds. The normalized spacial score (nSPS) is 10.0. The molecule has 0 aromatic heterocycles. The molecule has 0 radical (unpaired) electrons. The van der Waals surface area contributed by atoms with Crippen LogP contribution in [-0.4, -0.2) is 34.6 Å². The molecule has 0 bridgehead atoms. The first kappa shape index (κ1) is 14.7. The summed E-state index contributed by atoms with van der Waals surface area (Å²) in [7, 11) is 0. The van der Waals surface area contributed by atoms with E-state index in [1.165, 1.54) is 0 Å². The summed E-state index contributed by atoms with van der Waals surface area (Å²) in [6.45, 7) is 3.20. The van der Waals surface area contributed by atoms with Crippen LogP contribution in [-0.2, 0) is 4.79 Å². The summed E-state index contributed by atoms with van der Waals surface area (Å²) < 4.78 is 0. The molecule has 0 aliphatic rings. The highest BCUT2D eigenvalue weighted by Gasteiger charge is 2.21. The number of aryl methyl sites for hydroxylation is 2. The van der Waals surface area contributed by atoms with Crippen molar-refractivity contribution in [1.29, 1.82) is 0 Å². The Morgan fingerprint density at radius 2 is 1.58 bits per heavy atom. The van der Waals surface area contributed by atoms with Crippen molar-refractivity contribution in [2.75, 3.05) is 6.54 Å². The van der Waals surface area contributed by atoms with Crippen LogP contribution in [0.2, 0.25) is 0 Å². The van der Waals surface area contributed by atoms with E-state index in [0.29, 0.717) is 11.1 Å². The average Bonchev–Trinajstić information content (AvgIpc) is 2.30. The molecule has 19 heavy (non-hydrogen) atoms. The predicted octanol–water partition coefficient (Wildman–Crippen LogP) is 1.21. The molecule has 1 rings (SSSR count). The molecular weight excluding hydrogens is 250 g/mol. The van der Waals surface area contributed by atoms with E-state index in [0.717, 1.165) is 0 Å². The van der Waals surface area contributed by atoms with E-state index in [1.54, 1.807) is 26.0 Å². The molecule has 0 saturated heterocycles. The molecule has 0 atom stereocenters. The Kier molecular flexibility index (Phi) is 4.63. The number of rotatable bonds is 5. The summed E-state index contributed by atoms with van der Waals surface area (Å²) in [6, 6.07) is 3.29. The standard InChI is InChI=1S/C13H15NO5/c1-7-3-4-8(2)11(13(18)19)10(7)12(17)14-6-5-9(15)16/h3-4H,5-6H2,1-2H3,(H,14,17)(H,15,16)(H,18,19). The van der Waals surface area contributed by atoms with E-state index in [9.17, 15) is 14.4 Å². The molecule has 0 heterocycles. The molecular formula is C13H15NO5. The van der Waals surface area contributed by atoms with Gasteiger partial charge in [0.15, 0.2) is 0 Å². The Morgan fingerprint density at radius 3 is 2.05 bits per heavy atom. The quantitative estimate of drug-likeness (QED) is 0.742. The number of hydrogen-bond acceptors (Lipinski definition) is 3. The first-order chi connectivity index (χ1) is 8.84. The maximum atomic E-state index is 12.0. The van der Waals surface area contributed by atoms with Crippen molar-refractivity contribution in [1.82, 2.24) is 5.32 Å². The molecule has 6 nitrogen and oxygen atoms in total. The molecule has 0 aliphatic heterocycles. The Balaban J connectivity index is 3.05. The molecule has 1 aromatic carbocycles. The third kappa shape index (κ3) is 3.54. The number of aliphatic carboxylic acids is 1. The molecule has 0 saturated carbocycles. The van der Waals surface area contributed by atoms with Gasteiger partial charge in [-0.15, -0.1) is 0 Å². The summed E-state index contributed by atoms with van der Waals surface area (Å²) in [5.41, 5.74) is 1.06. The van der Waals surface area contributed by atoms with Crippen LogP contribution in [0, 0.1) is 13.8 Å². The van der Waals surface area contributed by atoms with E-state index in [4.69, 9.17) is 10.2 Å². The third-order valence-electron chi connectivity index (χ3n) is 2.69. The van der Waals surface area contributed by atoms with Gasteiger partial charge in [0.2, 0.25) is 0 Å². The van der Waals surface area contributed by atoms with Crippen molar-refractivity contribution in [2.24, 2.45) is 0 Å². The monoisotopic (exact) mass is 265 g/mol. The van der Waals surface area contributed by atoms with Crippen molar-refractivity contribution in [2.45, 2.75) is 20.3 Å². The van der Waals surface area contributed by atoms with Crippen molar-refractivity contribution in [3.63, 3.8) is 0 Å². The fourth-order valence-electron chi connectivity index (χ4n) is 1.75. The number of amides is 1. The summed E-state index contributed by atoms with van der Waals surface area (Å²) in [4.78, 5) is 33.5. The van der Waals surface area contributed by atoms with Gasteiger partial charge in [0.05, 0.1) is 17.5 Å². The van der Waals surface area contributed by atoms with Crippen LogP contribution >= 0.6 is 0 Å². The van der Waals surface area contributed by atoms with E-state index < -0.39 is 17.8 Å². The molecule has 0 aliphatic carbocycles. The number of nitrogens with one attached hydrogen (secondary N) is 1. The maximum Gasteiger partial charge on any atom is 0.336 e. The van der Waals surface area contributed by atoms with Crippen molar-refractivity contribution >= 4 is 17.8 Å². The third-order valence-corrected chi connectivity index (χ3v) is 2.69. The molecule has 6 heteroatoms. The number of carboxylic acids is 2. The maximum absolute atomic E-state index is 12.0. The second-order valence-electron chi connectivity index (χ2n) is 4.15. The fraction of sp³-hybridized carbons (Fsp3) is 0.308. The fourth-order valence-corrected chi connectivity index (χ4v) is 1.75. The first-order valence-electron chi connectivity index (χ1n) is 5.68. The Morgan fingerprint density at radius 1 is 1.05 bits per heavy atom. The Labute approximate surface area is 110 Å². The molecule has 3 N–H and O–H groups in total. The Bertz CT molecular complexity index is 536. The van der Waals surface area contributed by atoms with Crippen LogP contribution in [0.3, 0.4) is 0 Å². The number of benzene rings is 1. The van der Waals surface area contributed by atoms with Crippen LogP contribution in [0.15, 0.2) is 12.1 Å². The van der Waals surface area contributed by atoms with E-state index in [-0.39, 0.29) is 24.1 Å². The van der Waals surface area contributed by atoms with Crippen LogP contribution in [0.25, 0.3) is 0 Å². The predicted molar refractivity (Wildman–Crippen MR) is 67.5 cm³/mol. The van der Waals surface area contributed by atoms with E-state index in [2.05, 4.69) is 5.32 Å². The van der Waals surface area contributed by atoms with Gasteiger partial charge in [0.25, 0.3) is 5.91 Å². The minimum absolute atomic E-state index is 0.0411. The number of carbonyl (C=O) groups excluding carboxylic acids is 1.